The summed E-state index contributed by atoms with van der Waals surface area (Å²) in [6.07, 6.45) is 0. The third-order valence-corrected chi connectivity index (χ3v) is 4.73. The fourth-order valence-corrected chi connectivity index (χ4v) is 3.34. The van der Waals surface area contributed by atoms with Gasteiger partial charge in [-0.1, -0.05) is 24.3 Å². The van der Waals surface area contributed by atoms with Crippen molar-refractivity contribution < 1.29 is 14.7 Å². The maximum atomic E-state index is 13.1. The molecular formula is C20H14N2O3S. The standard InChI is InChI=1S/C20H14N2O3S/c21-18-15(26)9-14(22-10-5-7-11(23)8-6-10)16-17(18)20(25)13-4-2-1-3-12(13)19(16)24/h1-9,22-23,26H,21H2. The highest BCUT2D eigenvalue weighted by molar-refractivity contribution is 7.80. The van der Waals surface area contributed by atoms with Crippen molar-refractivity contribution in [2.75, 3.05) is 11.1 Å². The molecule has 1 aliphatic rings. The summed E-state index contributed by atoms with van der Waals surface area (Å²) < 4.78 is 0. The Balaban J connectivity index is 1.93. The molecule has 3 aromatic rings. The van der Waals surface area contributed by atoms with E-state index in [0.717, 1.165) is 0 Å². The van der Waals surface area contributed by atoms with Crippen molar-refractivity contribution in [2.45, 2.75) is 4.90 Å². The van der Waals surface area contributed by atoms with E-state index in [1.54, 1.807) is 42.5 Å². The van der Waals surface area contributed by atoms with Crippen LogP contribution in [0.2, 0.25) is 0 Å². The normalized spacial score (nSPS) is 12.5. The van der Waals surface area contributed by atoms with E-state index >= 15 is 0 Å². The summed E-state index contributed by atoms with van der Waals surface area (Å²) in [4.78, 5) is 26.4. The van der Waals surface area contributed by atoms with Gasteiger partial charge in [0.1, 0.15) is 5.75 Å². The first kappa shape index (κ1) is 16.2. The molecule has 0 saturated carbocycles. The number of fused-ring (bicyclic) bond motifs is 2. The number of nitrogens with two attached hydrogens (primary N) is 1. The molecule has 3 aromatic carbocycles. The minimum atomic E-state index is -0.294. The summed E-state index contributed by atoms with van der Waals surface area (Å²) in [6.45, 7) is 0. The number of ketones is 2. The van der Waals surface area contributed by atoms with E-state index in [2.05, 4.69) is 17.9 Å². The molecule has 6 heteroatoms. The second-order valence-corrected chi connectivity index (χ2v) is 6.46. The lowest BCUT2D eigenvalue weighted by Gasteiger charge is -2.23. The van der Waals surface area contributed by atoms with Crippen LogP contribution in [-0.2, 0) is 0 Å². The Morgan fingerprint density at radius 1 is 0.885 bits per heavy atom. The number of carbonyl (C=O) groups excluding carboxylic acids is 2. The number of phenols is 1. The Morgan fingerprint density at radius 3 is 2.08 bits per heavy atom. The Morgan fingerprint density at radius 2 is 1.46 bits per heavy atom. The minimum absolute atomic E-state index is 0.130. The number of benzene rings is 3. The van der Waals surface area contributed by atoms with Crippen molar-refractivity contribution in [2.24, 2.45) is 0 Å². The van der Waals surface area contributed by atoms with Crippen LogP contribution in [0.15, 0.2) is 59.5 Å². The number of nitrogens with one attached hydrogen (secondary N) is 1. The molecule has 1 aliphatic carbocycles. The van der Waals surface area contributed by atoms with Gasteiger partial charge in [0.2, 0.25) is 0 Å². The zero-order chi connectivity index (χ0) is 18.4. The number of rotatable bonds is 2. The van der Waals surface area contributed by atoms with Crippen LogP contribution in [0.4, 0.5) is 17.1 Å². The second kappa shape index (κ2) is 5.93. The highest BCUT2D eigenvalue weighted by Gasteiger charge is 2.34. The van der Waals surface area contributed by atoms with E-state index in [4.69, 9.17) is 5.73 Å². The molecule has 0 saturated heterocycles. The van der Waals surface area contributed by atoms with Crippen molar-refractivity contribution in [3.63, 3.8) is 0 Å². The van der Waals surface area contributed by atoms with Crippen LogP contribution in [0.1, 0.15) is 31.8 Å². The highest BCUT2D eigenvalue weighted by atomic mass is 32.1. The molecule has 0 bridgehead atoms. The van der Waals surface area contributed by atoms with Crippen molar-refractivity contribution in [1.29, 1.82) is 0 Å². The number of anilines is 3. The summed E-state index contributed by atoms with van der Waals surface area (Å²) >= 11 is 4.36. The monoisotopic (exact) mass is 362 g/mol. The fraction of sp³-hybridized carbons (Fsp3) is 0. The number of hydrogen-bond donors (Lipinski definition) is 4. The molecule has 5 nitrogen and oxygen atoms in total. The summed E-state index contributed by atoms with van der Waals surface area (Å²) in [5.41, 5.74) is 8.46. The average molecular weight is 362 g/mol. The van der Waals surface area contributed by atoms with Crippen molar-refractivity contribution >= 4 is 41.3 Å². The molecular weight excluding hydrogens is 348 g/mol. The SMILES string of the molecule is Nc1c(S)cc(Nc2ccc(O)cc2)c2c1C(=O)c1ccccc1C2=O. The number of phenolic OH excluding ortho intramolecular Hbond substituents is 1. The smallest absolute Gasteiger partial charge is 0.196 e. The molecule has 0 atom stereocenters. The molecule has 0 heterocycles. The average Bonchev–Trinajstić information content (AvgIpc) is 2.64. The van der Waals surface area contributed by atoms with Crippen LogP contribution in [-0.4, -0.2) is 16.7 Å². The van der Waals surface area contributed by atoms with Gasteiger partial charge in [-0.25, -0.2) is 0 Å². The van der Waals surface area contributed by atoms with Crippen LogP contribution < -0.4 is 11.1 Å². The molecule has 0 spiro atoms. The molecule has 0 aromatic heterocycles. The van der Waals surface area contributed by atoms with Gasteiger partial charge in [-0.15, -0.1) is 12.6 Å². The number of thiol groups is 1. The first-order valence-corrected chi connectivity index (χ1v) is 8.32. The molecule has 26 heavy (non-hydrogen) atoms. The number of carbonyl (C=O) groups is 2. The Bertz CT molecular complexity index is 1080. The van der Waals surface area contributed by atoms with E-state index in [9.17, 15) is 14.7 Å². The van der Waals surface area contributed by atoms with Crippen LogP contribution in [0.25, 0.3) is 0 Å². The van der Waals surface area contributed by atoms with Gasteiger partial charge >= 0.3 is 0 Å². The zero-order valence-corrected chi connectivity index (χ0v) is 14.4. The lowest BCUT2D eigenvalue weighted by molar-refractivity contribution is 0.0980. The molecule has 0 amide bonds. The van der Waals surface area contributed by atoms with Gasteiger partial charge in [0.05, 0.1) is 22.5 Å². The number of hydrogen-bond acceptors (Lipinski definition) is 6. The van der Waals surface area contributed by atoms with Gasteiger partial charge < -0.3 is 16.2 Å². The quantitative estimate of drug-likeness (QED) is 0.247. The fourth-order valence-electron chi connectivity index (χ4n) is 3.10. The maximum Gasteiger partial charge on any atom is 0.196 e. The summed E-state index contributed by atoms with van der Waals surface area (Å²) in [5.74, 6) is -0.432. The minimum Gasteiger partial charge on any atom is -0.508 e. The van der Waals surface area contributed by atoms with Gasteiger partial charge in [0.15, 0.2) is 11.6 Å². The maximum absolute atomic E-state index is 13.1. The molecule has 0 unspecified atom stereocenters. The van der Waals surface area contributed by atoms with Gasteiger partial charge in [-0.3, -0.25) is 9.59 Å². The molecule has 0 radical (unpaired) electrons. The van der Waals surface area contributed by atoms with Crippen LogP contribution in [0.5, 0.6) is 5.75 Å². The highest BCUT2D eigenvalue weighted by Crippen LogP contribution is 2.39. The lowest BCUT2D eigenvalue weighted by Crippen LogP contribution is -2.24. The Labute approximate surface area is 154 Å². The summed E-state index contributed by atoms with van der Waals surface area (Å²) in [6, 6.07) is 14.7. The molecule has 0 aliphatic heterocycles. The van der Waals surface area contributed by atoms with E-state index in [1.807, 2.05) is 0 Å². The molecule has 4 rings (SSSR count). The Hall–Kier alpha value is -3.25. The summed E-state index contributed by atoms with van der Waals surface area (Å²) in [7, 11) is 0. The topological polar surface area (TPSA) is 92.4 Å². The van der Waals surface area contributed by atoms with E-state index in [1.165, 1.54) is 12.1 Å². The van der Waals surface area contributed by atoms with Gasteiger partial charge in [0.25, 0.3) is 0 Å². The number of aromatic hydroxyl groups is 1. The van der Waals surface area contributed by atoms with Crippen molar-refractivity contribution in [3.05, 3.63) is 76.9 Å². The molecule has 0 fully saturated rings. The lowest BCUT2D eigenvalue weighted by atomic mass is 9.82. The predicted octanol–water partition coefficient (Wildman–Crippen LogP) is 3.78. The second-order valence-electron chi connectivity index (χ2n) is 5.98. The van der Waals surface area contributed by atoms with Crippen molar-refractivity contribution in [3.8, 4) is 5.75 Å². The summed E-state index contributed by atoms with van der Waals surface area (Å²) in [5, 5.41) is 12.5. The van der Waals surface area contributed by atoms with Gasteiger partial charge in [0, 0.05) is 21.7 Å². The largest absolute Gasteiger partial charge is 0.508 e. The van der Waals surface area contributed by atoms with Crippen LogP contribution in [0, 0.1) is 0 Å². The first-order chi connectivity index (χ1) is 12.5. The van der Waals surface area contributed by atoms with Gasteiger partial charge in [-0.05, 0) is 30.3 Å². The van der Waals surface area contributed by atoms with Crippen molar-refractivity contribution in [1.82, 2.24) is 0 Å². The predicted molar refractivity (Wildman–Crippen MR) is 103 cm³/mol. The molecule has 4 N–H and O–H groups in total. The number of nitrogen functional groups attached to an aromatic ring is 1. The molecule has 128 valence electrons. The van der Waals surface area contributed by atoms with E-state index in [0.29, 0.717) is 27.4 Å². The first-order valence-electron chi connectivity index (χ1n) is 7.87. The van der Waals surface area contributed by atoms with Crippen LogP contribution >= 0.6 is 12.6 Å². The third-order valence-electron chi connectivity index (χ3n) is 4.36. The van der Waals surface area contributed by atoms with E-state index in [-0.39, 0.29) is 34.1 Å². The Kier molecular flexibility index (Phi) is 3.70. The van der Waals surface area contributed by atoms with Gasteiger partial charge in [-0.2, -0.15) is 0 Å². The van der Waals surface area contributed by atoms with E-state index < -0.39 is 0 Å². The van der Waals surface area contributed by atoms with Crippen LogP contribution in [0.3, 0.4) is 0 Å². The zero-order valence-electron chi connectivity index (χ0n) is 13.5. The third kappa shape index (κ3) is 2.43.